The first-order valence-corrected chi connectivity index (χ1v) is 7.35. The number of hydrogen-bond acceptors (Lipinski definition) is 2. The summed E-state index contributed by atoms with van der Waals surface area (Å²) in [5.74, 6) is 0. The van der Waals surface area contributed by atoms with Gasteiger partial charge in [0, 0.05) is 20.8 Å². The van der Waals surface area contributed by atoms with Crippen molar-refractivity contribution in [3.8, 4) is 0 Å². The molecule has 0 saturated carbocycles. The molecule has 0 atom stereocenters. The summed E-state index contributed by atoms with van der Waals surface area (Å²) in [7, 11) is 0. The number of nitrogens with one attached hydrogen (secondary N) is 1. The van der Waals surface area contributed by atoms with Crippen molar-refractivity contribution >= 4 is 51.2 Å². The Morgan fingerprint density at radius 1 is 1.31 bits per heavy atom. The second kappa shape index (κ2) is 5.89. The van der Waals surface area contributed by atoms with E-state index in [4.69, 9.17) is 11.6 Å². The van der Waals surface area contributed by atoms with Crippen molar-refractivity contribution in [1.82, 2.24) is 0 Å². The molecular formula is C12H11ClINS. The summed E-state index contributed by atoms with van der Waals surface area (Å²) in [6, 6.07) is 8.07. The van der Waals surface area contributed by atoms with Gasteiger partial charge < -0.3 is 5.32 Å². The molecule has 0 aliphatic heterocycles. The van der Waals surface area contributed by atoms with Gasteiger partial charge in [-0.05, 0) is 69.6 Å². The van der Waals surface area contributed by atoms with E-state index in [9.17, 15) is 0 Å². The number of halogens is 2. The third-order valence-corrected chi connectivity index (χ3v) is 4.10. The van der Waals surface area contributed by atoms with Gasteiger partial charge in [-0.15, -0.1) is 0 Å². The minimum atomic E-state index is 0.785. The molecule has 0 fully saturated rings. The third kappa shape index (κ3) is 3.37. The van der Waals surface area contributed by atoms with Crippen molar-refractivity contribution < 1.29 is 0 Å². The molecule has 2 rings (SSSR count). The topological polar surface area (TPSA) is 12.0 Å². The number of anilines is 1. The van der Waals surface area contributed by atoms with Crippen LogP contribution in [0.3, 0.4) is 0 Å². The minimum absolute atomic E-state index is 0.785. The first kappa shape index (κ1) is 12.2. The van der Waals surface area contributed by atoms with Crippen LogP contribution in [-0.2, 0) is 6.42 Å². The fourth-order valence-electron chi connectivity index (χ4n) is 1.41. The van der Waals surface area contributed by atoms with Gasteiger partial charge in [-0.2, -0.15) is 11.3 Å². The van der Waals surface area contributed by atoms with Crippen LogP contribution in [0.4, 0.5) is 5.69 Å². The molecule has 4 heteroatoms. The first-order valence-electron chi connectivity index (χ1n) is 4.96. The molecule has 0 aliphatic rings. The van der Waals surface area contributed by atoms with Crippen molar-refractivity contribution in [2.24, 2.45) is 0 Å². The van der Waals surface area contributed by atoms with Gasteiger partial charge in [-0.1, -0.05) is 11.6 Å². The number of rotatable bonds is 4. The number of benzene rings is 1. The van der Waals surface area contributed by atoms with E-state index in [0.717, 1.165) is 27.2 Å². The van der Waals surface area contributed by atoms with Gasteiger partial charge >= 0.3 is 0 Å². The molecule has 0 saturated heterocycles. The summed E-state index contributed by atoms with van der Waals surface area (Å²) in [5, 5.41) is 8.50. The highest BCUT2D eigenvalue weighted by molar-refractivity contribution is 14.1. The summed E-state index contributed by atoms with van der Waals surface area (Å²) >= 11 is 9.94. The van der Waals surface area contributed by atoms with Crippen LogP contribution in [0.1, 0.15) is 5.56 Å². The van der Waals surface area contributed by atoms with Gasteiger partial charge in [-0.3, -0.25) is 0 Å². The molecule has 0 spiro atoms. The van der Waals surface area contributed by atoms with Crippen LogP contribution in [0.2, 0.25) is 5.02 Å². The molecule has 1 N–H and O–H groups in total. The van der Waals surface area contributed by atoms with Gasteiger partial charge in [0.05, 0.1) is 0 Å². The van der Waals surface area contributed by atoms with Crippen LogP contribution >= 0.6 is 45.5 Å². The van der Waals surface area contributed by atoms with E-state index >= 15 is 0 Å². The van der Waals surface area contributed by atoms with Crippen LogP contribution < -0.4 is 5.32 Å². The Balaban J connectivity index is 1.90. The van der Waals surface area contributed by atoms with Crippen LogP contribution in [0, 0.1) is 3.57 Å². The normalized spacial score (nSPS) is 10.4. The lowest BCUT2D eigenvalue weighted by Crippen LogP contribution is -2.05. The van der Waals surface area contributed by atoms with E-state index in [1.807, 2.05) is 18.2 Å². The zero-order chi connectivity index (χ0) is 11.4. The van der Waals surface area contributed by atoms with E-state index in [-0.39, 0.29) is 0 Å². The van der Waals surface area contributed by atoms with Gasteiger partial charge in [0.1, 0.15) is 0 Å². The maximum absolute atomic E-state index is 5.90. The summed E-state index contributed by atoms with van der Waals surface area (Å²) < 4.78 is 1.16. The van der Waals surface area contributed by atoms with Crippen molar-refractivity contribution in [2.45, 2.75) is 6.42 Å². The Labute approximate surface area is 118 Å². The third-order valence-electron chi connectivity index (χ3n) is 2.24. The molecule has 16 heavy (non-hydrogen) atoms. The van der Waals surface area contributed by atoms with Crippen molar-refractivity contribution in [3.05, 3.63) is 49.2 Å². The fraction of sp³-hybridized carbons (Fsp3) is 0.167. The number of hydrogen-bond donors (Lipinski definition) is 1. The lowest BCUT2D eigenvalue weighted by Gasteiger charge is -2.08. The Morgan fingerprint density at radius 2 is 2.19 bits per heavy atom. The Kier molecular flexibility index (Phi) is 4.49. The fourth-order valence-corrected chi connectivity index (χ4v) is 3.17. The smallest absolute Gasteiger partial charge is 0.0477 e. The highest BCUT2D eigenvalue weighted by atomic mass is 127. The van der Waals surface area contributed by atoms with E-state index in [2.05, 4.69) is 44.7 Å². The second-order valence-electron chi connectivity index (χ2n) is 3.43. The van der Waals surface area contributed by atoms with E-state index in [1.165, 1.54) is 5.56 Å². The van der Waals surface area contributed by atoms with Crippen LogP contribution in [0.5, 0.6) is 0 Å². The van der Waals surface area contributed by atoms with Crippen molar-refractivity contribution in [3.63, 3.8) is 0 Å². The van der Waals surface area contributed by atoms with E-state index in [1.54, 1.807) is 11.3 Å². The lowest BCUT2D eigenvalue weighted by molar-refractivity contribution is 1.03. The van der Waals surface area contributed by atoms with Crippen LogP contribution in [0.15, 0.2) is 35.0 Å². The molecular weight excluding hydrogens is 353 g/mol. The Morgan fingerprint density at radius 3 is 2.88 bits per heavy atom. The first-order chi connectivity index (χ1) is 7.75. The summed E-state index contributed by atoms with van der Waals surface area (Å²) in [5.41, 5.74) is 2.54. The predicted molar refractivity (Wildman–Crippen MR) is 80.7 cm³/mol. The van der Waals surface area contributed by atoms with Crippen molar-refractivity contribution in [1.29, 1.82) is 0 Å². The molecule has 2 aromatic rings. The lowest BCUT2D eigenvalue weighted by atomic mass is 10.2. The molecule has 1 nitrogen and oxygen atoms in total. The second-order valence-corrected chi connectivity index (χ2v) is 5.81. The molecule has 84 valence electrons. The molecule has 0 amide bonds. The van der Waals surface area contributed by atoms with Crippen molar-refractivity contribution in [2.75, 3.05) is 11.9 Å². The quantitative estimate of drug-likeness (QED) is 0.779. The SMILES string of the molecule is Clc1ccc(NCCc2ccsc2)c(I)c1. The molecule has 0 aliphatic carbocycles. The van der Waals surface area contributed by atoms with Gasteiger partial charge in [-0.25, -0.2) is 0 Å². The standard InChI is InChI=1S/C12H11ClINS/c13-10-1-2-12(11(14)7-10)15-5-3-9-4-6-16-8-9/h1-2,4,6-8,15H,3,5H2. The maximum atomic E-state index is 5.90. The highest BCUT2D eigenvalue weighted by Crippen LogP contribution is 2.22. The van der Waals surface area contributed by atoms with Gasteiger partial charge in [0.15, 0.2) is 0 Å². The average molecular weight is 364 g/mol. The molecule has 1 aromatic heterocycles. The number of thiophene rings is 1. The zero-order valence-electron chi connectivity index (χ0n) is 8.54. The monoisotopic (exact) mass is 363 g/mol. The molecule has 0 radical (unpaired) electrons. The molecule has 1 aromatic carbocycles. The van der Waals surface area contributed by atoms with Gasteiger partial charge in [0.2, 0.25) is 0 Å². The summed E-state index contributed by atoms with van der Waals surface area (Å²) in [6.07, 6.45) is 1.06. The summed E-state index contributed by atoms with van der Waals surface area (Å²) in [4.78, 5) is 0. The maximum Gasteiger partial charge on any atom is 0.0477 e. The molecule has 0 unspecified atom stereocenters. The van der Waals surface area contributed by atoms with E-state index < -0.39 is 0 Å². The zero-order valence-corrected chi connectivity index (χ0v) is 12.3. The van der Waals surface area contributed by atoms with Crippen LogP contribution in [0.25, 0.3) is 0 Å². The van der Waals surface area contributed by atoms with Gasteiger partial charge in [0.25, 0.3) is 0 Å². The molecule has 0 bridgehead atoms. The Hall–Kier alpha value is -0.260. The molecule has 1 heterocycles. The van der Waals surface area contributed by atoms with E-state index in [0.29, 0.717) is 0 Å². The Bertz CT molecular complexity index is 456. The summed E-state index contributed by atoms with van der Waals surface area (Å²) in [6.45, 7) is 0.953. The predicted octanol–water partition coefficient (Wildman–Crippen LogP) is 4.66. The highest BCUT2D eigenvalue weighted by Gasteiger charge is 2.00. The van der Waals surface area contributed by atoms with Crippen LogP contribution in [-0.4, -0.2) is 6.54 Å². The average Bonchev–Trinajstić information content (AvgIpc) is 2.74. The largest absolute Gasteiger partial charge is 0.384 e. The minimum Gasteiger partial charge on any atom is -0.384 e.